The molecule has 0 saturated heterocycles. The predicted molar refractivity (Wildman–Crippen MR) is 48.3 cm³/mol. The number of aromatic nitrogens is 1. The van der Waals surface area contributed by atoms with Gasteiger partial charge in [-0.3, -0.25) is 0 Å². The fraction of sp³-hybridized carbons (Fsp3) is 0.286. The number of nitrogens with zero attached hydrogens (tertiary/aromatic N) is 1. The number of ether oxygens (including phenoxy) is 1. The van der Waals surface area contributed by atoms with Crippen LogP contribution in [0.3, 0.4) is 0 Å². The summed E-state index contributed by atoms with van der Waals surface area (Å²) < 4.78 is 39.4. The molecule has 94 valence electrons. The van der Waals surface area contributed by atoms with E-state index < -0.39 is 40.5 Å². The number of nitrogens with two attached hydrogens (primary N) is 1. The first kappa shape index (κ1) is 13.0. The van der Waals surface area contributed by atoms with Crippen molar-refractivity contribution in [1.82, 2.24) is 4.98 Å². The van der Waals surface area contributed by atoms with E-state index in [9.17, 15) is 28.1 Å². The molecular formula is C7H6F3N3O4. The number of alkyl halides is 3. The fourth-order valence-corrected chi connectivity index (χ4v) is 1.12. The Morgan fingerprint density at radius 2 is 2.12 bits per heavy atom. The van der Waals surface area contributed by atoms with Gasteiger partial charge in [0.25, 0.3) is 0 Å². The zero-order valence-corrected chi connectivity index (χ0v) is 8.08. The Balaban J connectivity index is 3.38. The molecule has 1 aromatic heterocycles. The minimum absolute atomic E-state index is 0.447. The monoisotopic (exact) mass is 253 g/mol. The van der Waals surface area contributed by atoms with Crippen LogP contribution in [0, 0.1) is 10.1 Å². The van der Waals surface area contributed by atoms with E-state index in [-0.39, 0.29) is 0 Å². The van der Waals surface area contributed by atoms with Crippen molar-refractivity contribution in [1.29, 1.82) is 0 Å². The number of rotatable bonds is 3. The molecule has 0 aromatic carbocycles. The van der Waals surface area contributed by atoms with Crippen molar-refractivity contribution in [3.63, 3.8) is 0 Å². The van der Waals surface area contributed by atoms with Gasteiger partial charge in [0.2, 0.25) is 0 Å². The highest BCUT2D eigenvalue weighted by molar-refractivity contribution is 5.43. The molecule has 1 rings (SSSR count). The number of pyridine rings is 1. The molecule has 0 atom stereocenters. The van der Waals surface area contributed by atoms with Crippen molar-refractivity contribution in [2.75, 3.05) is 0 Å². The number of halogens is 3. The van der Waals surface area contributed by atoms with E-state index in [1.54, 1.807) is 4.98 Å². The van der Waals surface area contributed by atoms with Gasteiger partial charge in [0, 0.05) is 6.54 Å². The van der Waals surface area contributed by atoms with E-state index >= 15 is 0 Å². The molecule has 0 aliphatic rings. The van der Waals surface area contributed by atoms with E-state index in [1.165, 1.54) is 0 Å². The molecule has 0 aliphatic carbocycles. The maximum Gasteiger partial charge on any atom is 0.573 e. The minimum Gasteiger partial charge on any atom is -0.405 e. The third kappa shape index (κ3) is 3.17. The van der Waals surface area contributed by atoms with Crippen LogP contribution in [-0.2, 0) is 6.54 Å². The highest BCUT2D eigenvalue weighted by Gasteiger charge is 2.34. The Bertz CT molecular complexity index is 496. The summed E-state index contributed by atoms with van der Waals surface area (Å²) in [4.78, 5) is 22.1. The average Bonchev–Trinajstić information content (AvgIpc) is 2.14. The summed E-state index contributed by atoms with van der Waals surface area (Å²) in [7, 11) is 0. The molecular weight excluding hydrogens is 247 g/mol. The Kier molecular flexibility index (Phi) is 3.36. The Hall–Kier alpha value is -2.10. The van der Waals surface area contributed by atoms with Crippen LogP contribution >= 0.6 is 0 Å². The van der Waals surface area contributed by atoms with Gasteiger partial charge >= 0.3 is 17.7 Å². The number of hydrogen-bond donors (Lipinski definition) is 2. The molecule has 3 N–H and O–H groups in total. The van der Waals surface area contributed by atoms with Crippen LogP contribution in [0.2, 0.25) is 0 Å². The molecule has 0 aliphatic heterocycles. The lowest BCUT2D eigenvalue weighted by atomic mass is 10.2. The number of aromatic amines is 1. The van der Waals surface area contributed by atoms with Crippen molar-refractivity contribution >= 4 is 5.82 Å². The van der Waals surface area contributed by atoms with Crippen molar-refractivity contribution in [2.45, 2.75) is 12.9 Å². The second-order valence-electron chi connectivity index (χ2n) is 2.83. The summed E-state index contributed by atoms with van der Waals surface area (Å²) in [6.07, 6.45) is -5.06. The molecule has 0 fully saturated rings. The van der Waals surface area contributed by atoms with Crippen LogP contribution in [0.4, 0.5) is 19.0 Å². The van der Waals surface area contributed by atoms with Crippen LogP contribution in [0.25, 0.3) is 0 Å². The zero-order chi connectivity index (χ0) is 13.2. The molecule has 0 unspecified atom stereocenters. The highest BCUT2D eigenvalue weighted by atomic mass is 19.4. The lowest BCUT2D eigenvalue weighted by Gasteiger charge is -2.11. The van der Waals surface area contributed by atoms with E-state index in [0.29, 0.717) is 6.07 Å². The topological polar surface area (TPSA) is 111 Å². The quantitative estimate of drug-likeness (QED) is 0.606. The number of H-pyrrole nitrogens is 1. The van der Waals surface area contributed by atoms with Gasteiger partial charge in [0.15, 0.2) is 0 Å². The fourth-order valence-electron chi connectivity index (χ4n) is 1.12. The van der Waals surface area contributed by atoms with Crippen LogP contribution in [0.5, 0.6) is 5.75 Å². The van der Waals surface area contributed by atoms with E-state index in [2.05, 4.69) is 4.74 Å². The minimum atomic E-state index is -5.06. The summed E-state index contributed by atoms with van der Waals surface area (Å²) in [5.74, 6) is -1.89. The Labute approximate surface area is 91.1 Å². The lowest BCUT2D eigenvalue weighted by Crippen LogP contribution is -2.22. The van der Waals surface area contributed by atoms with E-state index in [0.717, 1.165) is 0 Å². The van der Waals surface area contributed by atoms with E-state index in [1.807, 2.05) is 0 Å². The second kappa shape index (κ2) is 4.41. The van der Waals surface area contributed by atoms with Gasteiger partial charge in [-0.05, 0) is 4.92 Å². The first-order valence-corrected chi connectivity index (χ1v) is 4.11. The largest absolute Gasteiger partial charge is 0.573 e. The molecule has 7 nitrogen and oxygen atoms in total. The zero-order valence-electron chi connectivity index (χ0n) is 8.08. The summed E-state index contributed by atoms with van der Waals surface area (Å²) in [6, 6.07) is 0.447. The predicted octanol–water partition coefficient (Wildman–Crippen LogP) is 0.640. The third-order valence-electron chi connectivity index (χ3n) is 1.70. The first-order chi connectivity index (χ1) is 7.74. The van der Waals surface area contributed by atoms with Crippen molar-refractivity contribution < 1.29 is 22.8 Å². The SMILES string of the molecule is NCc1c(OC(F)(F)F)cc(=O)[nH]c1[N+](=O)[O-]. The van der Waals surface area contributed by atoms with Crippen molar-refractivity contribution in [2.24, 2.45) is 5.73 Å². The standard InChI is InChI=1S/C7H6F3N3O4/c8-7(9,10)17-4-1-5(14)12-6(13(15)16)3(4)2-11/h1H,2,11H2,(H,12,14). The molecule has 17 heavy (non-hydrogen) atoms. The molecule has 0 amide bonds. The van der Waals surface area contributed by atoms with Gasteiger partial charge in [-0.15, -0.1) is 13.2 Å². The van der Waals surface area contributed by atoms with E-state index in [4.69, 9.17) is 5.73 Å². The number of hydrogen-bond acceptors (Lipinski definition) is 5. The van der Waals surface area contributed by atoms with Crippen LogP contribution < -0.4 is 16.0 Å². The number of nitrogens with one attached hydrogen (secondary N) is 1. The van der Waals surface area contributed by atoms with Gasteiger partial charge < -0.3 is 20.6 Å². The molecule has 0 bridgehead atoms. The van der Waals surface area contributed by atoms with Crippen LogP contribution in [0.15, 0.2) is 10.9 Å². The highest BCUT2D eigenvalue weighted by Crippen LogP contribution is 2.28. The lowest BCUT2D eigenvalue weighted by molar-refractivity contribution is -0.390. The van der Waals surface area contributed by atoms with Gasteiger partial charge in [-0.1, -0.05) is 0 Å². The summed E-state index contributed by atoms with van der Waals surface area (Å²) >= 11 is 0. The average molecular weight is 253 g/mol. The number of nitro groups is 1. The molecule has 0 radical (unpaired) electrons. The smallest absolute Gasteiger partial charge is 0.405 e. The second-order valence-corrected chi connectivity index (χ2v) is 2.83. The maximum absolute atomic E-state index is 12.0. The van der Waals surface area contributed by atoms with Crippen molar-refractivity contribution in [3.05, 3.63) is 32.1 Å². The third-order valence-corrected chi connectivity index (χ3v) is 1.70. The summed E-state index contributed by atoms with van der Waals surface area (Å²) in [5, 5.41) is 10.5. The van der Waals surface area contributed by atoms with Gasteiger partial charge in [-0.2, -0.15) is 0 Å². The molecule has 10 heteroatoms. The van der Waals surface area contributed by atoms with Crippen LogP contribution in [0.1, 0.15) is 5.56 Å². The van der Waals surface area contributed by atoms with Gasteiger partial charge in [-0.25, -0.2) is 9.78 Å². The van der Waals surface area contributed by atoms with Gasteiger partial charge in [0.1, 0.15) is 11.3 Å². The van der Waals surface area contributed by atoms with Crippen molar-refractivity contribution in [3.8, 4) is 5.75 Å². The molecule has 1 aromatic rings. The molecule has 0 spiro atoms. The molecule has 1 heterocycles. The van der Waals surface area contributed by atoms with Crippen LogP contribution in [-0.4, -0.2) is 16.3 Å². The Morgan fingerprint density at radius 1 is 1.53 bits per heavy atom. The molecule has 0 saturated carbocycles. The normalized spacial score (nSPS) is 11.3. The summed E-state index contributed by atoms with van der Waals surface area (Å²) in [5.41, 5.74) is 3.46. The Morgan fingerprint density at radius 3 is 2.53 bits per heavy atom. The maximum atomic E-state index is 12.0. The van der Waals surface area contributed by atoms with Gasteiger partial charge in [0.05, 0.1) is 6.07 Å². The first-order valence-electron chi connectivity index (χ1n) is 4.11. The summed E-state index contributed by atoms with van der Waals surface area (Å²) in [6.45, 7) is -0.585.